The van der Waals surface area contributed by atoms with Crippen LogP contribution in [0.3, 0.4) is 0 Å². The molecule has 134 valence electrons. The number of nitrogens with two attached hydrogens (primary N) is 1. The number of hydrogen-bond acceptors (Lipinski definition) is 4. The highest BCUT2D eigenvalue weighted by molar-refractivity contribution is 9.10. The first kappa shape index (κ1) is 17.6. The fraction of sp³-hybridized carbons (Fsp3) is 0. The molecule has 5 nitrogen and oxygen atoms in total. The largest absolute Gasteiger partial charge is 0.366 e. The summed E-state index contributed by atoms with van der Waals surface area (Å²) in [6.45, 7) is 0. The molecule has 0 unspecified atom stereocenters. The van der Waals surface area contributed by atoms with Crippen molar-refractivity contribution in [2.75, 3.05) is 0 Å². The number of pyridine rings is 1. The first-order valence-electron chi connectivity index (χ1n) is 8.02. The van der Waals surface area contributed by atoms with Gasteiger partial charge in [0.05, 0.1) is 26.4 Å². The molecular weight excluding hydrogens is 428 g/mol. The zero-order valence-corrected chi connectivity index (χ0v) is 16.3. The number of fused-ring (bicyclic) bond motifs is 2. The fourth-order valence-corrected chi connectivity index (χ4v) is 5.69. The predicted molar refractivity (Wildman–Crippen MR) is 107 cm³/mol. The molecule has 4 rings (SSSR count). The van der Waals surface area contributed by atoms with Crippen molar-refractivity contribution in [3.05, 3.63) is 76.8 Å². The van der Waals surface area contributed by atoms with Crippen molar-refractivity contribution in [3.63, 3.8) is 0 Å². The summed E-state index contributed by atoms with van der Waals surface area (Å²) in [7, 11) is -3.92. The van der Waals surface area contributed by atoms with Gasteiger partial charge in [-0.15, -0.1) is 0 Å². The first-order valence-corrected chi connectivity index (χ1v) is 10.3. The van der Waals surface area contributed by atoms with E-state index in [0.29, 0.717) is 20.9 Å². The first-order chi connectivity index (χ1) is 12.9. The van der Waals surface area contributed by atoms with Crippen LogP contribution in [-0.2, 0) is 9.84 Å². The summed E-state index contributed by atoms with van der Waals surface area (Å²) in [6.07, 6.45) is 0. The Morgan fingerprint density at radius 3 is 2.26 bits per heavy atom. The van der Waals surface area contributed by atoms with Crippen molar-refractivity contribution < 1.29 is 13.2 Å². The van der Waals surface area contributed by atoms with Crippen LogP contribution < -0.4 is 5.73 Å². The van der Waals surface area contributed by atoms with Crippen molar-refractivity contribution in [1.82, 2.24) is 4.98 Å². The van der Waals surface area contributed by atoms with Crippen LogP contribution in [0.25, 0.3) is 21.8 Å². The molecule has 0 bridgehead atoms. The molecular formula is C20H13BrN2O3S. The molecule has 0 spiro atoms. The highest BCUT2D eigenvalue weighted by Crippen LogP contribution is 2.38. The third-order valence-corrected chi connectivity index (χ3v) is 7.10. The molecule has 0 aliphatic rings. The van der Waals surface area contributed by atoms with Crippen LogP contribution in [0.2, 0.25) is 0 Å². The maximum atomic E-state index is 13.4. The van der Waals surface area contributed by atoms with Gasteiger partial charge < -0.3 is 5.73 Å². The lowest BCUT2D eigenvalue weighted by Gasteiger charge is -2.14. The van der Waals surface area contributed by atoms with Crippen LogP contribution in [0.5, 0.6) is 0 Å². The molecule has 0 radical (unpaired) electrons. The van der Waals surface area contributed by atoms with Gasteiger partial charge in [0.2, 0.25) is 15.7 Å². The summed E-state index contributed by atoms with van der Waals surface area (Å²) in [5.41, 5.74) is 6.78. The van der Waals surface area contributed by atoms with Gasteiger partial charge in [-0.05, 0) is 46.3 Å². The van der Waals surface area contributed by atoms with Crippen molar-refractivity contribution in [3.8, 4) is 0 Å². The molecule has 7 heteroatoms. The molecule has 1 aromatic heterocycles. The van der Waals surface area contributed by atoms with Crippen LogP contribution in [0, 0.1) is 0 Å². The van der Waals surface area contributed by atoms with Gasteiger partial charge in [0.1, 0.15) is 0 Å². The van der Waals surface area contributed by atoms with Gasteiger partial charge in [0.25, 0.3) is 0 Å². The van der Waals surface area contributed by atoms with Gasteiger partial charge in [0.15, 0.2) is 0 Å². The Labute approximate surface area is 163 Å². The molecule has 0 saturated carbocycles. The second-order valence-electron chi connectivity index (χ2n) is 5.96. The molecule has 1 amide bonds. The highest BCUT2D eigenvalue weighted by Gasteiger charge is 2.27. The van der Waals surface area contributed by atoms with E-state index in [2.05, 4.69) is 20.9 Å². The fourth-order valence-electron chi connectivity index (χ4n) is 3.16. The Balaban J connectivity index is 2.24. The smallest absolute Gasteiger partial charge is 0.250 e. The summed E-state index contributed by atoms with van der Waals surface area (Å²) >= 11 is 3.34. The molecule has 2 N–H and O–H groups in total. The van der Waals surface area contributed by atoms with E-state index < -0.39 is 15.7 Å². The van der Waals surface area contributed by atoms with E-state index in [9.17, 15) is 13.2 Å². The number of aromatic nitrogens is 1. The van der Waals surface area contributed by atoms with E-state index in [1.165, 1.54) is 12.1 Å². The maximum Gasteiger partial charge on any atom is 0.250 e. The minimum absolute atomic E-state index is 0.0155. The summed E-state index contributed by atoms with van der Waals surface area (Å²) in [5.74, 6) is -0.707. The Kier molecular flexibility index (Phi) is 4.20. The van der Waals surface area contributed by atoms with Crippen molar-refractivity contribution in [1.29, 1.82) is 0 Å². The van der Waals surface area contributed by atoms with Gasteiger partial charge in [-0.2, -0.15) is 0 Å². The predicted octanol–water partition coefficient (Wildman–Crippen LogP) is 4.08. The number of carbonyl (C=O) groups excluding carboxylic acids is 1. The molecule has 1 heterocycles. The Morgan fingerprint density at radius 1 is 0.889 bits per heavy atom. The van der Waals surface area contributed by atoms with Gasteiger partial charge in [0, 0.05) is 15.2 Å². The lowest BCUT2D eigenvalue weighted by molar-refractivity contribution is 0.100. The number of benzene rings is 3. The van der Waals surface area contributed by atoms with Crippen LogP contribution in [-0.4, -0.2) is 19.3 Å². The van der Waals surface area contributed by atoms with E-state index in [4.69, 9.17) is 5.73 Å². The average molecular weight is 441 g/mol. The number of hydrogen-bond donors (Lipinski definition) is 1. The lowest BCUT2D eigenvalue weighted by atomic mass is 10.0. The summed E-state index contributed by atoms with van der Waals surface area (Å²) < 4.78 is 27.1. The van der Waals surface area contributed by atoms with Gasteiger partial charge in [-0.25, -0.2) is 13.4 Å². The molecule has 27 heavy (non-hydrogen) atoms. The highest BCUT2D eigenvalue weighted by atomic mass is 79.9. The minimum Gasteiger partial charge on any atom is -0.366 e. The van der Waals surface area contributed by atoms with Gasteiger partial charge in [-0.3, -0.25) is 4.79 Å². The molecule has 0 fully saturated rings. The number of carbonyl (C=O) groups is 1. The zero-order valence-electron chi connectivity index (χ0n) is 13.9. The van der Waals surface area contributed by atoms with E-state index in [0.717, 1.165) is 0 Å². The van der Waals surface area contributed by atoms with Crippen LogP contribution >= 0.6 is 15.9 Å². The van der Waals surface area contributed by atoms with Crippen molar-refractivity contribution in [2.24, 2.45) is 5.73 Å². The SMILES string of the molecule is NC(=O)c1c2ccccc2nc2ccc(Br)c(S(=O)(=O)c3ccccc3)c12. The number of para-hydroxylation sites is 1. The summed E-state index contributed by atoms with van der Waals surface area (Å²) in [4.78, 5) is 17.0. The minimum atomic E-state index is -3.92. The number of primary amides is 1. The molecule has 0 aliphatic heterocycles. The van der Waals surface area contributed by atoms with E-state index >= 15 is 0 Å². The normalized spacial score (nSPS) is 11.7. The number of nitrogens with zero attached hydrogens (tertiary/aromatic N) is 1. The van der Waals surface area contributed by atoms with E-state index in [1.54, 1.807) is 54.6 Å². The van der Waals surface area contributed by atoms with E-state index in [1.807, 2.05) is 0 Å². The number of amides is 1. The third-order valence-electron chi connectivity index (χ3n) is 4.32. The van der Waals surface area contributed by atoms with Crippen LogP contribution in [0.1, 0.15) is 10.4 Å². The third kappa shape index (κ3) is 2.79. The number of rotatable bonds is 3. The number of halogens is 1. The van der Waals surface area contributed by atoms with Crippen LogP contribution in [0.4, 0.5) is 0 Å². The second-order valence-corrected chi connectivity index (χ2v) is 8.70. The molecule has 4 aromatic rings. The summed E-state index contributed by atoms with van der Waals surface area (Å²) in [5, 5.41) is 0.736. The Bertz CT molecular complexity index is 1320. The number of sulfone groups is 1. The van der Waals surface area contributed by atoms with Crippen LogP contribution in [0.15, 0.2) is 81.0 Å². The van der Waals surface area contributed by atoms with E-state index in [-0.39, 0.29) is 20.7 Å². The van der Waals surface area contributed by atoms with Gasteiger partial charge in [-0.1, -0.05) is 36.4 Å². The second kappa shape index (κ2) is 6.44. The Hall–Kier alpha value is -2.77. The van der Waals surface area contributed by atoms with Crippen molar-refractivity contribution >= 4 is 53.5 Å². The quantitative estimate of drug-likeness (QED) is 0.485. The molecule has 0 atom stereocenters. The lowest BCUT2D eigenvalue weighted by Crippen LogP contribution is -2.15. The Morgan fingerprint density at radius 2 is 1.56 bits per heavy atom. The summed E-state index contributed by atoms with van der Waals surface area (Å²) in [6, 6.07) is 18.4. The van der Waals surface area contributed by atoms with Crippen molar-refractivity contribution in [2.45, 2.75) is 9.79 Å². The molecule has 0 saturated heterocycles. The standard InChI is InChI=1S/C20H13BrN2O3S/c21-14-10-11-16-18(19(14)27(25,26)12-6-2-1-3-7-12)17(20(22)24)13-8-4-5-9-15(13)23-16/h1-11H,(H2,22,24). The zero-order chi connectivity index (χ0) is 19.2. The maximum absolute atomic E-state index is 13.4. The average Bonchev–Trinajstić information content (AvgIpc) is 2.66. The van der Waals surface area contributed by atoms with Gasteiger partial charge >= 0.3 is 0 Å². The monoisotopic (exact) mass is 440 g/mol. The topological polar surface area (TPSA) is 90.1 Å². The molecule has 3 aromatic carbocycles. The molecule has 0 aliphatic carbocycles.